The fraction of sp³-hybridized carbons (Fsp3) is 0.263. The van der Waals surface area contributed by atoms with Crippen molar-refractivity contribution in [1.82, 2.24) is 0 Å². The van der Waals surface area contributed by atoms with Crippen molar-refractivity contribution in [3.63, 3.8) is 0 Å². The predicted molar refractivity (Wildman–Crippen MR) is 99.9 cm³/mol. The Morgan fingerprint density at radius 1 is 0.793 bits per heavy atom. The lowest BCUT2D eigenvalue weighted by Gasteiger charge is -2.12. The molecular formula is C19H20F2N2O6. The van der Waals surface area contributed by atoms with Gasteiger partial charge in [-0.15, -0.1) is 0 Å². The summed E-state index contributed by atoms with van der Waals surface area (Å²) < 4.78 is 47.6. The summed E-state index contributed by atoms with van der Waals surface area (Å²) in [6, 6.07) is 4.19. The van der Waals surface area contributed by atoms with E-state index in [9.17, 15) is 18.4 Å². The number of hydrogen-bond acceptors (Lipinski definition) is 8. The molecule has 0 atom stereocenters. The Bertz CT molecular complexity index is 920. The van der Waals surface area contributed by atoms with E-state index in [0.29, 0.717) is 0 Å². The third-order valence-electron chi connectivity index (χ3n) is 3.82. The zero-order chi connectivity index (χ0) is 21.6. The lowest BCUT2D eigenvalue weighted by molar-refractivity contribution is 0.0592. The minimum Gasteiger partial charge on any atom is -0.490 e. The first kappa shape index (κ1) is 21.7. The Hall–Kier alpha value is -3.56. The lowest BCUT2D eigenvalue weighted by Crippen LogP contribution is -2.10. The van der Waals surface area contributed by atoms with Gasteiger partial charge in [0.1, 0.15) is 0 Å². The standard InChI is InChI=1S/C19H20F2N2O6/c1-26-18(24)10-6-12(20)17(9-15(10)23)29-5-3-4-28-16-7-11(19(25)27-2)14(22)8-13(16)21/h6-9H,3-5,22-23H2,1-2H3. The zero-order valence-corrected chi connectivity index (χ0v) is 15.8. The van der Waals surface area contributed by atoms with Gasteiger partial charge >= 0.3 is 11.9 Å². The van der Waals surface area contributed by atoms with Gasteiger partial charge in [0.15, 0.2) is 23.1 Å². The number of ether oxygens (including phenoxy) is 4. The molecule has 2 rings (SSSR count). The van der Waals surface area contributed by atoms with Crippen LogP contribution in [0.3, 0.4) is 0 Å². The number of halogens is 2. The minimum atomic E-state index is -0.784. The number of carbonyl (C=O) groups is 2. The first-order valence-corrected chi connectivity index (χ1v) is 8.38. The van der Waals surface area contributed by atoms with Crippen molar-refractivity contribution in [3.05, 3.63) is 47.0 Å². The van der Waals surface area contributed by atoms with E-state index in [2.05, 4.69) is 9.47 Å². The molecular weight excluding hydrogens is 390 g/mol. The predicted octanol–water partition coefficient (Wildman–Crippen LogP) is 2.55. The number of benzene rings is 2. The SMILES string of the molecule is COC(=O)c1cc(F)c(OCCCOc2cc(C(=O)OC)c(N)cc2F)cc1N. The van der Waals surface area contributed by atoms with Crippen molar-refractivity contribution < 1.29 is 37.3 Å². The van der Waals surface area contributed by atoms with Crippen LogP contribution in [-0.4, -0.2) is 39.4 Å². The number of rotatable bonds is 8. The summed E-state index contributed by atoms with van der Waals surface area (Å²) in [5.74, 6) is -3.35. The van der Waals surface area contributed by atoms with E-state index < -0.39 is 23.6 Å². The largest absolute Gasteiger partial charge is 0.490 e. The molecule has 0 bridgehead atoms. The van der Waals surface area contributed by atoms with Gasteiger partial charge in [0.05, 0.1) is 44.2 Å². The number of carbonyl (C=O) groups excluding carboxylic acids is 2. The molecule has 0 aliphatic rings. The molecule has 0 amide bonds. The summed E-state index contributed by atoms with van der Waals surface area (Å²) in [5, 5.41) is 0. The summed E-state index contributed by atoms with van der Waals surface area (Å²) in [6.45, 7) is 0.0349. The second-order valence-corrected chi connectivity index (χ2v) is 5.77. The first-order chi connectivity index (χ1) is 13.8. The summed E-state index contributed by atoms with van der Waals surface area (Å²) >= 11 is 0. The van der Waals surface area contributed by atoms with E-state index in [1.807, 2.05) is 0 Å². The van der Waals surface area contributed by atoms with Crippen LogP contribution in [0, 0.1) is 11.6 Å². The molecule has 10 heteroatoms. The number of esters is 2. The fourth-order valence-corrected chi connectivity index (χ4v) is 2.36. The molecule has 2 aromatic rings. The van der Waals surface area contributed by atoms with Gasteiger partial charge in [0.25, 0.3) is 0 Å². The van der Waals surface area contributed by atoms with E-state index in [-0.39, 0.29) is 53.6 Å². The zero-order valence-electron chi connectivity index (χ0n) is 15.8. The molecule has 0 aliphatic heterocycles. The number of anilines is 2. The van der Waals surface area contributed by atoms with Gasteiger partial charge in [0.2, 0.25) is 0 Å². The maximum absolute atomic E-state index is 14.0. The van der Waals surface area contributed by atoms with Crippen molar-refractivity contribution in [1.29, 1.82) is 0 Å². The van der Waals surface area contributed by atoms with Crippen molar-refractivity contribution in [2.24, 2.45) is 0 Å². The van der Waals surface area contributed by atoms with Crippen molar-refractivity contribution in [2.45, 2.75) is 6.42 Å². The van der Waals surface area contributed by atoms with Gasteiger partial charge in [0, 0.05) is 24.2 Å². The Kier molecular flexibility index (Phi) is 7.18. The first-order valence-electron chi connectivity index (χ1n) is 8.38. The monoisotopic (exact) mass is 410 g/mol. The molecule has 156 valence electrons. The smallest absolute Gasteiger partial charge is 0.340 e. The summed E-state index contributed by atoms with van der Waals surface area (Å²) in [6.07, 6.45) is 0.259. The Labute approximate surface area is 165 Å². The summed E-state index contributed by atoms with van der Waals surface area (Å²) in [5.41, 5.74) is 11.1. The van der Waals surface area contributed by atoms with Gasteiger partial charge in [-0.3, -0.25) is 0 Å². The topological polar surface area (TPSA) is 123 Å². The highest BCUT2D eigenvalue weighted by molar-refractivity contribution is 5.96. The van der Waals surface area contributed by atoms with Crippen LogP contribution in [-0.2, 0) is 9.47 Å². The molecule has 0 unspecified atom stereocenters. The summed E-state index contributed by atoms with van der Waals surface area (Å²) in [7, 11) is 2.33. The Morgan fingerprint density at radius 3 is 1.79 bits per heavy atom. The molecule has 0 aromatic heterocycles. The van der Waals surface area contributed by atoms with E-state index in [4.69, 9.17) is 20.9 Å². The second kappa shape index (κ2) is 9.58. The van der Waals surface area contributed by atoms with E-state index in [0.717, 1.165) is 25.3 Å². The minimum absolute atomic E-state index is 0.00350. The molecule has 0 fully saturated rings. The molecule has 0 spiro atoms. The third kappa shape index (κ3) is 5.24. The van der Waals surface area contributed by atoms with Crippen LogP contribution in [0.2, 0.25) is 0 Å². The number of nitrogen functional groups attached to an aromatic ring is 2. The lowest BCUT2D eigenvalue weighted by atomic mass is 10.1. The van der Waals surface area contributed by atoms with Gasteiger partial charge in [-0.2, -0.15) is 0 Å². The average molecular weight is 410 g/mol. The molecule has 0 saturated carbocycles. The average Bonchev–Trinajstić information content (AvgIpc) is 2.70. The van der Waals surface area contributed by atoms with Crippen LogP contribution >= 0.6 is 0 Å². The fourth-order valence-electron chi connectivity index (χ4n) is 2.36. The van der Waals surface area contributed by atoms with Gasteiger partial charge < -0.3 is 30.4 Å². The number of hydrogen-bond donors (Lipinski definition) is 2. The highest BCUT2D eigenvalue weighted by Gasteiger charge is 2.17. The van der Waals surface area contributed by atoms with Crippen molar-refractivity contribution >= 4 is 23.3 Å². The molecule has 0 radical (unpaired) electrons. The highest BCUT2D eigenvalue weighted by atomic mass is 19.1. The maximum Gasteiger partial charge on any atom is 0.340 e. The Balaban J connectivity index is 1.93. The van der Waals surface area contributed by atoms with Crippen LogP contribution in [0.15, 0.2) is 24.3 Å². The molecule has 29 heavy (non-hydrogen) atoms. The van der Waals surface area contributed by atoms with E-state index >= 15 is 0 Å². The van der Waals surface area contributed by atoms with Gasteiger partial charge in [-0.25, -0.2) is 18.4 Å². The molecule has 0 aliphatic carbocycles. The molecule has 8 nitrogen and oxygen atoms in total. The van der Waals surface area contributed by atoms with Crippen LogP contribution in [0.5, 0.6) is 11.5 Å². The number of methoxy groups -OCH3 is 2. The molecule has 4 N–H and O–H groups in total. The normalized spacial score (nSPS) is 10.3. The van der Waals surface area contributed by atoms with Crippen LogP contribution in [0.25, 0.3) is 0 Å². The van der Waals surface area contributed by atoms with E-state index in [1.165, 1.54) is 13.2 Å². The third-order valence-corrected chi connectivity index (χ3v) is 3.82. The molecule has 0 heterocycles. The van der Waals surface area contributed by atoms with Gasteiger partial charge in [-0.05, 0) is 12.1 Å². The molecule has 2 aromatic carbocycles. The molecule has 0 saturated heterocycles. The maximum atomic E-state index is 14.0. The summed E-state index contributed by atoms with van der Waals surface area (Å²) in [4.78, 5) is 23.1. The Morgan fingerprint density at radius 2 is 1.24 bits per heavy atom. The van der Waals surface area contributed by atoms with Crippen LogP contribution in [0.1, 0.15) is 27.1 Å². The van der Waals surface area contributed by atoms with Crippen LogP contribution < -0.4 is 20.9 Å². The van der Waals surface area contributed by atoms with Crippen molar-refractivity contribution in [2.75, 3.05) is 38.9 Å². The second-order valence-electron chi connectivity index (χ2n) is 5.77. The highest BCUT2D eigenvalue weighted by Crippen LogP contribution is 2.26. The number of nitrogens with two attached hydrogens (primary N) is 2. The quantitative estimate of drug-likeness (QED) is 0.387. The van der Waals surface area contributed by atoms with Crippen LogP contribution in [0.4, 0.5) is 20.2 Å². The van der Waals surface area contributed by atoms with E-state index in [1.54, 1.807) is 0 Å². The van der Waals surface area contributed by atoms with Gasteiger partial charge in [-0.1, -0.05) is 0 Å². The van der Waals surface area contributed by atoms with Crippen molar-refractivity contribution in [3.8, 4) is 11.5 Å².